The summed E-state index contributed by atoms with van der Waals surface area (Å²) >= 11 is 2.21. The topological polar surface area (TPSA) is 72.0 Å². The summed E-state index contributed by atoms with van der Waals surface area (Å²) in [6.45, 7) is 0. The maximum atomic E-state index is 11.3. The van der Waals surface area contributed by atoms with E-state index in [1.54, 1.807) is 7.05 Å². The van der Waals surface area contributed by atoms with Gasteiger partial charge >= 0.3 is 0 Å². The number of nitrogens with one attached hydrogen (secondary N) is 1. The van der Waals surface area contributed by atoms with E-state index in [9.17, 15) is 8.42 Å². The fourth-order valence-corrected chi connectivity index (χ4v) is 3.15. The molecule has 1 N–H and O–H groups in total. The average molecular weight is 367 g/mol. The van der Waals surface area contributed by atoms with Gasteiger partial charge in [-0.25, -0.2) is 18.4 Å². The van der Waals surface area contributed by atoms with Gasteiger partial charge in [-0.15, -0.1) is 0 Å². The minimum atomic E-state index is -3.09. The largest absolute Gasteiger partial charge is 0.372 e. The van der Waals surface area contributed by atoms with Crippen molar-refractivity contribution in [2.75, 3.05) is 18.6 Å². The van der Waals surface area contributed by atoms with Gasteiger partial charge in [-0.3, -0.25) is 0 Å². The van der Waals surface area contributed by atoms with Gasteiger partial charge in [0.2, 0.25) is 0 Å². The molecule has 1 aromatic heterocycles. The molecule has 0 radical (unpaired) electrons. The lowest BCUT2D eigenvalue weighted by molar-refractivity contribution is 0.599. The molecule has 94 valence electrons. The molecule has 0 atom stereocenters. The van der Waals surface area contributed by atoms with E-state index in [0.717, 1.165) is 27.9 Å². The second kappa shape index (κ2) is 4.68. The zero-order valence-electron chi connectivity index (χ0n) is 9.70. The minimum Gasteiger partial charge on any atom is -0.372 e. The summed E-state index contributed by atoms with van der Waals surface area (Å²) < 4.78 is 23.6. The summed E-state index contributed by atoms with van der Waals surface area (Å²) in [7, 11) is -1.31. The fraction of sp³-hybridized carbons (Fsp3) is 0.600. The maximum Gasteiger partial charge on any atom is 0.154 e. The normalized spacial score (nSPS) is 15.9. The third kappa shape index (κ3) is 3.27. The molecule has 1 aromatic rings. The Kier molecular flexibility index (Phi) is 3.58. The molecule has 1 heterocycles. The van der Waals surface area contributed by atoms with Crippen molar-refractivity contribution in [3.05, 3.63) is 15.1 Å². The molecule has 0 aliphatic heterocycles. The first kappa shape index (κ1) is 13.0. The number of hydrogen-bond donors (Lipinski definition) is 1. The predicted molar refractivity (Wildman–Crippen MR) is 74.8 cm³/mol. The van der Waals surface area contributed by atoms with Crippen LogP contribution in [0.15, 0.2) is 0 Å². The van der Waals surface area contributed by atoms with Crippen molar-refractivity contribution >= 4 is 38.2 Å². The minimum absolute atomic E-state index is 0.0989. The monoisotopic (exact) mass is 367 g/mol. The molecule has 0 saturated heterocycles. The Bertz CT molecular complexity index is 541. The molecule has 5 nitrogen and oxygen atoms in total. The summed E-state index contributed by atoms with van der Waals surface area (Å²) in [4.78, 5) is 8.63. The van der Waals surface area contributed by atoms with Crippen molar-refractivity contribution in [1.82, 2.24) is 9.97 Å². The Balaban J connectivity index is 2.43. The molecule has 0 bridgehead atoms. The number of nitrogens with zero attached hydrogens (tertiary/aromatic N) is 2. The summed E-state index contributed by atoms with van der Waals surface area (Å²) in [6.07, 6.45) is 3.47. The number of anilines is 1. The molecule has 1 aliphatic carbocycles. The average Bonchev–Trinajstić information content (AvgIpc) is 3.01. The fourth-order valence-electron chi connectivity index (χ4n) is 1.60. The van der Waals surface area contributed by atoms with Gasteiger partial charge in [-0.1, -0.05) is 0 Å². The van der Waals surface area contributed by atoms with Crippen molar-refractivity contribution in [1.29, 1.82) is 0 Å². The molecule has 1 fully saturated rings. The molecular weight excluding hydrogens is 353 g/mol. The van der Waals surface area contributed by atoms with Gasteiger partial charge in [-0.2, -0.15) is 0 Å². The first-order valence-corrected chi connectivity index (χ1v) is 8.46. The van der Waals surface area contributed by atoms with Crippen molar-refractivity contribution in [3.63, 3.8) is 0 Å². The van der Waals surface area contributed by atoms with Gasteiger partial charge in [0.15, 0.2) is 9.84 Å². The Morgan fingerprint density at radius 2 is 2.06 bits per heavy atom. The second-order valence-corrected chi connectivity index (χ2v) is 7.50. The van der Waals surface area contributed by atoms with Gasteiger partial charge in [-0.05, 0) is 35.4 Å². The zero-order chi connectivity index (χ0) is 12.6. The summed E-state index contributed by atoms with van der Waals surface area (Å²) in [5, 5.41) is 2.99. The van der Waals surface area contributed by atoms with Crippen molar-refractivity contribution < 1.29 is 8.42 Å². The van der Waals surface area contributed by atoms with Crippen LogP contribution in [0, 0.1) is 3.57 Å². The maximum absolute atomic E-state index is 11.3. The van der Waals surface area contributed by atoms with E-state index in [1.807, 2.05) is 0 Å². The molecule has 17 heavy (non-hydrogen) atoms. The van der Waals surface area contributed by atoms with Crippen LogP contribution in [-0.4, -0.2) is 31.7 Å². The Morgan fingerprint density at radius 3 is 2.53 bits per heavy atom. The van der Waals surface area contributed by atoms with Gasteiger partial charge in [0.1, 0.15) is 17.4 Å². The van der Waals surface area contributed by atoms with Crippen molar-refractivity contribution in [3.8, 4) is 0 Å². The van der Waals surface area contributed by atoms with E-state index in [0.29, 0.717) is 11.7 Å². The van der Waals surface area contributed by atoms with Gasteiger partial charge in [0.05, 0.1) is 9.26 Å². The van der Waals surface area contributed by atoms with Crippen LogP contribution in [0.3, 0.4) is 0 Å². The van der Waals surface area contributed by atoms with Gasteiger partial charge in [0, 0.05) is 19.2 Å². The second-order valence-electron chi connectivity index (χ2n) is 4.28. The molecular formula is C10H14IN3O2S. The van der Waals surface area contributed by atoms with Crippen LogP contribution in [0.5, 0.6) is 0 Å². The van der Waals surface area contributed by atoms with Crippen molar-refractivity contribution in [2.24, 2.45) is 0 Å². The zero-order valence-corrected chi connectivity index (χ0v) is 12.7. The Labute approximate surface area is 114 Å². The van der Waals surface area contributed by atoms with E-state index in [2.05, 4.69) is 37.9 Å². The van der Waals surface area contributed by atoms with Crippen LogP contribution < -0.4 is 5.32 Å². The molecule has 0 spiro atoms. The molecule has 0 unspecified atom stereocenters. The Morgan fingerprint density at radius 1 is 1.41 bits per heavy atom. The number of hydrogen-bond acceptors (Lipinski definition) is 5. The molecule has 0 amide bonds. The van der Waals surface area contributed by atoms with Crippen LogP contribution in [0.25, 0.3) is 0 Å². The van der Waals surface area contributed by atoms with Gasteiger partial charge in [0.25, 0.3) is 0 Å². The van der Waals surface area contributed by atoms with E-state index >= 15 is 0 Å². The van der Waals surface area contributed by atoms with Gasteiger partial charge < -0.3 is 5.32 Å². The first-order valence-electron chi connectivity index (χ1n) is 5.32. The first-order chi connectivity index (χ1) is 7.90. The standard InChI is InChI=1S/C10H14IN3O2S/c1-12-10-8(11)9(6-3-4-6)13-7(14-10)5-17(2,15)16/h6H,3-5H2,1-2H3,(H,12,13,14). The highest BCUT2D eigenvalue weighted by Crippen LogP contribution is 2.42. The molecule has 1 saturated carbocycles. The van der Waals surface area contributed by atoms with Crippen LogP contribution in [-0.2, 0) is 15.6 Å². The number of rotatable bonds is 4. The third-order valence-electron chi connectivity index (χ3n) is 2.52. The van der Waals surface area contributed by atoms with Crippen LogP contribution in [0.4, 0.5) is 5.82 Å². The molecule has 2 rings (SSSR count). The highest BCUT2D eigenvalue weighted by molar-refractivity contribution is 14.1. The molecule has 1 aliphatic rings. The Hall–Kier alpha value is -0.440. The number of aromatic nitrogens is 2. The SMILES string of the molecule is CNc1nc(CS(C)(=O)=O)nc(C2CC2)c1I. The molecule has 7 heteroatoms. The predicted octanol–water partition coefficient (Wildman–Crippen LogP) is 1.54. The highest BCUT2D eigenvalue weighted by atomic mass is 127. The van der Waals surface area contributed by atoms with E-state index in [-0.39, 0.29) is 5.75 Å². The summed E-state index contributed by atoms with van der Waals surface area (Å²) in [5.74, 6) is 1.49. The van der Waals surface area contributed by atoms with E-state index in [1.165, 1.54) is 6.26 Å². The van der Waals surface area contributed by atoms with E-state index < -0.39 is 9.84 Å². The van der Waals surface area contributed by atoms with E-state index in [4.69, 9.17) is 0 Å². The van der Waals surface area contributed by atoms with Crippen LogP contribution in [0.2, 0.25) is 0 Å². The smallest absolute Gasteiger partial charge is 0.154 e. The molecule has 0 aromatic carbocycles. The lowest BCUT2D eigenvalue weighted by atomic mass is 10.2. The van der Waals surface area contributed by atoms with Crippen LogP contribution in [0.1, 0.15) is 30.3 Å². The van der Waals surface area contributed by atoms with Crippen molar-refractivity contribution in [2.45, 2.75) is 24.5 Å². The third-order valence-corrected chi connectivity index (χ3v) is 4.36. The lowest BCUT2D eigenvalue weighted by Gasteiger charge is -2.10. The van der Waals surface area contributed by atoms with Crippen LogP contribution >= 0.6 is 22.6 Å². The summed E-state index contributed by atoms with van der Waals surface area (Å²) in [6, 6.07) is 0. The highest BCUT2D eigenvalue weighted by Gasteiger charge is 2.29. The lowest BCUT2D eigenvalue weighted by Crippen LogP contribution is -2.11. The quantitative estimate of drug-likeness (QED) is 0.818. The summed E-state index contributed by atoms with van der Waals surface area (Å²) in [5.41, 5.74) is 0.989. The number of sulfone groups is 1. The number of halogens is 1.